The molecule has 1 aromatic heterocycles. The normalized spacial score (nSPS) is 18.7. The number of benzene rings is 1. The van der Waals surface area contributed by atoms with Crippen LogP contribution in [0.25, 0.3) is 0 Å². The first kappa shape index (κ1) is 19.1. The van der Waals surface area contributed by atoms with Crippen molar-refractivity contribution in [3.8, 4) is 0 Å². The van der Waals surface area contributed by atoms with Crippen molar-refractivity contribution < 1.29 is 9.53 Å². The van der Waals surface area contributed by atoms with Crippen molar-refractivity contribution in [2.45, 2.75) is 38.6 Å². The second kappa shape index (κ2) is 8.43. The molecule has 1 N–H and O–H groups in total. The monoisotopic (exact) mass is 448 g/mol. The summed E-state index contributed by atoms with van der Waals surface area (Å²) in [7, 11) is 0. The number of ether oxygens (including phenoxy) is 1. The van der Waals surface area contributed by atoms with Crippen LogP contribution in [-0.2, 0) is 22.4 Å². The molecule has 0 radical (unpaired) electrons. The van der Waals surface area contributed by atoms with E-state index in [9.17, 15) is 4.79 Å². The molecule has 1 aliphatic carbocycles. The summed E-state index contributed by atoms with van der Waals surface area (Å²) >= 11 is 5.34. The molecular formula is C21H25BrN2O2S. The molecular weight excluding hydrogens is 424 g/mol. The summed E-state index contributed by atoms with van der Waals surface area (Å²) in [6.07, 6.45) is 4.71. The molecule has 2 heterocycles. The molecule has 27 heavy (non-hydrogen) atoms. The average molecular weight is 449 g/mol. The molecule has 4 nitrogen and oxygen atoms in total. The Morgan fingerprint density at radius 1 is 1.19 bits per heavy atom. The lowest BCUT2D eigenvalue weighted by molar-refractivity contribution is -0.114. The van der Waals surface area contributed by atoms with Crippen LogP contribution in [-0.4, -0.2) is 37.1 Å². The van der Waals surface area contributed by atoms with Crippen LogP contribution in [0, 0.1) is 0 Å². The van der Waals surface area contributed by atoms with E-state index < -0.39 is 0 Å². The molecule has 1 unspecified atom stereocenters. The van der Waals surface area contributed by atoms with Crippen LogP contribution in [0.2, 0.25) is 0 Å². The van der Waals surface area contributed by atoms with Gasteiger partial charge in [-0.15, -0.1) is 11.3 Å². The van der Waals surface area contributed by atoms with Gasteiger partial charge < -0.3 is 10.1 Å². The predicted molar refractivity (Wildman–Crippen MR) is 114 cm³/mol. The van der Waals surface area contributed by atoms with E-state index in [4.69, 9.17) is 4.74 Å². The summed E-state index contributed by atoms with van der Waals surface area (Å²) in [5.41, 5.74) is 4.06. The Labute approximate surface area is 173 Å². The highest BCUT2D eigenvalue weighted by atomic mass is 79.9. The Bertz CT molecular complexity index is 812. The van der Waals surface area contributed by atoms with Crippen molar-refractivity contribution >= 4 is 38.2 Å². The topological polar surface area (TPSA) is 41.6 Å². The van der Waals surface area contributed by atoms with E-state index in [2.05, 4.69) is 50.4 Å². The summed E-state index contributed by atoms with van der Waals surface area (Å²) in [6.45, 7) is 4.94. The molecule has 1 atom stereocenters. The minimum atomic E-state index is 0.00591. The van der Waals surface area contributed by atoms with Crippen molar-refractivity contribution in [1.82, 2.24) is 4.90 Å². The van der Waals surface area contributed by atoms with Crippen LogP contribution in [0.15, 0.2) is 28.7 Å². The highest BCUT2D eigenvalue weighted by Crippen LogP contribution is 2.45. The van der Waals surface area contributed by atoms with E-state index in [-0.39, 0.29) is 11.9 Å². The first-order valence-corrected chi connectivity index (χ1v) is 11.2. The number of anilines is 1. The van der Waals surface area contributed by atoms with Gasteiger partial charge in [0.05, 0.1) is 19.3 Å². The van der Waals surface area contributed by atoms with E-state index in [0.29, 0.717) is 0 Å². The number of morpholine rings is 1. The second-order valence-corrected chi connectivity index (χ2v) is 9.26. The van der Waals surface area contributed by atoms with E-state index in [1.807, 2.05) is 0 Å². The van der Waals surface area contributed by atoms with Crippen molar-refractivity contribution in [3.63, 3.8) is 0 Å². The number of aryl methyl sites for hydroxylation is 1. The number of hydrogen-bond acceptors (Lipinski definition) is 4. The van der Waals surface area contributed by atoms with Crippen LogP contribution in [0.5, 0.6) is 0 Å². The Balaban J connectivity index is 1.84. The van der Waals surface area contributed by atoms with E-state index in [0.717, 1.165) is 48.6 Å². The zero-order valence-corrected chi connectivity index (χ0v) is 18.0. The number of amides is 1. The van der Waals surface area contributed by atoms with Crippen LogP contribution >= 0.6 is 27.3 Å². The van der Waals surface area contributed by atoms with Crippen molar-refractivity contribution in [2.75, 3.05) is 31.6 Å². The molecule has 2 aromatic rings. The molecule has 0 spiro atoms. The minimum absolute atomic E-state index is 0.00591. The van der Waals surface area contributed by atoms with Crippen molar-refractivity contribution in [2.24, 2.45) is 0 Å². The zero-order chi connectivity index (χ0) is 18.8. The molecule has 1 saturated heterocycles. The molecule has 1 amide bonds. The van der Waals surface area contributed by atoms with Gasteiger partial charge in [0.25, 0.3) is 0 Å². The van der Waals surface area contributed by atoms with Gasteiger partial charge in [0.15, 0.2) is 0 Å². The highest BCUT2D eigenvalue weighted by Gasteiger charge is 2.32. The van der Waals surface area contributed by atoms with Crippen LogP contribution in [0.1, 0.15) is 47.4 Å². The summed E-state index contributed by atoms with van der Waals surface area (Å²) in [4.78, 5) is 15.9. The molecule has 0 saturated carbocycles. The second-order valence-electron chi connectivity index (χ2n) is 7.24. The fourth-order valence-electron chi connectivity index (χ4n) is 4.17. The summed E-state index contributed by atoms with van der Waals surface area (Å²) in [6, 6.07) is 8.78. The lowest BCUT2D eigenvalue weighted by Gasteiger charge is -2.36. The molecule has 1 fully saturated rings. The van der Waals surface area contributed by atoms with Gasteiger partial charge >= 0.3 is 0 Å². The predicted octanol–water partition coefficient (Wildman–Crippen LogP) is 4.77. The van der Waals surface area contributed by atoms with Gasteiger partial charge in [-0.1, -0.05) is 28.1 Å². The fraction of sp³-hybridized carbons (Fsp3) is 0.476. The largest absolute Gasteiger partial charge is 0.379 e. The molecule has 144 valence electrons. The number of nitrogens with one attached hydrogen (secondary N) is 1. The average Bonchev–Trinajstić information content (AvgIpc) is 3.02. The minimum Gasteiger partial charge on any atom is -0.379 e. The third-order valence-electron chi connectivity index (χ3n) is 5.37. The summed E-state index contributed by atoms with van der Waals surface area (Å²) in [5, 5.41) is 4.18. The Morgan fingerprint density at radius 3 is 2.59 bits per heavy atom. The summed E-state index contributed by atoms with van der Waals surface area (Å²) in [5.74, 6) is 0.00591. The Morgan fingerprint density at radius 2 is 1.89 bits per heavy atom. The van der Waals surface area contributed by atoms with E-state index >= 15 is 0 Å². The van der Waals surface area contributed by atoms with Crippen molar-refractivity contribution in [1.29, 1.82) is 0 Å². The Kier molecular flexibility index (Phi) is 5.97. The van der Waals surface area contributed by atoms with Gasteiger partial charge in [-0.25, -0.2) is 0 Å². The number of carbonyl (C=O) groups excluding carboxylic acids is 1. The van der Waals surface area contributed by atoms with Crippen molar-refractivity contribution in [3.05, 3.63) is 50.3 Å². The number of halogens is 1. The molecule has 4 rings (SSSR count). The number of carbonyl (C=O) groups is 1. The van der Waals surface area contributed by atoms with Gasteiger partial charge in [-0.3, -0.25) is 9.69 Å². The third kappa shape index (κ3) is 4.14. The molecule has 0 bridgehead atoms. The molecule has 1 aromatic carbocycles. The van der Waals surface area contributed by atoms with Gasteiger partial charge in [0.2, 0.25) is 5.91 Å². The SMILES string of the molecule is CC(=O)Nc1sc2c(c1C(c1ccc(Br)cc1)N1CCOCC1)CCCC2. The molecule has 6 heteroatoms. The third-order valence-corrected chi connectivity index (χ3v) is 7.12. The maximum atomic E-state index is 11.9. The van der Waals surface area contributed by atoms with Gasteiger partial charge in [0.1, 0.15) is 5.00 Å². The smallest absolute Gasteiger partial charge is 0.221 e. The van der Waals surface area contributed by atoms with Crippen LogP contribution < -0.4 is 5.32 Å². The van der Waals surface area contributed by atoms with E-state index in [1.54, 1.807) is 18.3 Å². The number of fused-ring (bicyclic) bond motifs is 1. The van der Waals surface area contributed by atoms with Crippen LogP contribution in [0.4, 0.5) is 5.00 Å². The zero-order valence-electron chi connectivity index (χ0n) is 15.6. The van der Waals surface area contributed by atoms with Gasteiger partial charge in [0, 0.05) is 34.9 Å². The number of thiophene rings is 1. The quantitative estimate of drug-likeness (QED) is 0.731. The lowest BCUT2D eigenvalue weighted by Crippen LogP contribution is -2.40. The lowest BCUT2D eigenvalue weighted by atomic mass is 9.88. The number of nitrogens with zero attached hydrogens (tertiary/aromatic N) is 1. The fourth-order valence-corrected chi connectivity index (χ4v) is 5.81. The molecule has 1 aliphatic heterocycles. The standard InChI is InChI=1S/C21H25BrN2O2S/c1-14(25)23-21-19(17-4-2-3-5-18(17)27-21)20(24-10-12-26-13-11-24)15-6-8-16(22)9-7-15/h6-9,20H,2-5,10-13H2,1H3,(H,23,25). The van der Waals surface area contributed by atoms with E-state index in [1.165, 1.54) is 34.4 Å². The highest BCUT2D eigenvalue weighted by molar-refractivity contribution is 9.10. The number of hydrogen-bond donors (Lipinski definition) is 1. The first-order chi connectivity index (χ1) is 13.1. The Hall–Kier alpha value is -1.21. The summed E-state index contributed by atoms with van der Waals surface area (Å²) < 4.78 is 6.70. The molecule has 2 aliphatic rings. The maximum Gasteiger partial charge on any atom is 0.221 e. The van der Waals surface area contributed by atoms with Gasteiger partial charge in [-0.05, 0) is 48.9 Å². The maximum absolute atomic E-state index is 11.9. The van der Waals surface area contributed by atoms with Crippen LogP contribution in [0.3, 0.4) is 0 Å². The number of rotatable bonds is 4. The van der Waals surface area contributed by atoms with Gasteiger partial charge in [-0.2, -0.15) is 0 Å². The first-order valence-electron chi connectivity index (χ1n) is 9.63.